The Morgan fingerprint density at radius 3 is 2.81 bits per heavy atom. The Kier molecular flexibility index (Phi) is 3.07. The summed E-state index contributed by atoms with van der Waals surface area (Å²) in [6, 6.07) is 9.89. The third-order valence-electron chi connectivity index (χ3n) is 2.30. The number of nitrogens with zero attached hydrogens (tertiary/aromatic N) is 3. The van der Waals surface area contributed by atoms with Crippen LogP contribution in [-0.2, 0) is 5.33 Å². The number of aryl methyl sites for hydroxylation is 1. The number of aromatic nitrogens is 2. The summed E-state index contributed by atoms with van der Waals surface area (Å²) >= 11 is 3.37. The number of hydrogen-bond acceptors (Lipinski definition) is 2. The number of alkyl halides is 1. The Morgan fingerprint density at radius 2 is 2.25 bits per heavy atom. The molecule has 0 unspecified atom stereocenters. The zero-order valence-corrected chi connectivity index (χ0v) is 10.4. The highest BCUT2D eigenvalue weighted by atomic mass is 79.9. The average molecular weight is 276 g/mol. The highest BCUT2D eigenvalue weighted by Crippen LogP contribution is 2.17. The van der Waals surface area contributed by atoms with Gasteiger partial charge in [0.2, 0.25) is 0 Å². The first-order valence-corrected chi connectivity index (χ1v) is 5.98. The molecule has 80 valence electrons. The molecule has 2 rings (SSSR count). The van der Waals surface area contributed by atoms with Gasteiger partial charge < -0.3 is 0 Å². The largest absolute Gasteiger partial charge is 0.239 e. The molecule has 0 atom stereocenters. The standard InChI is InChI=1S/C12H10BrN3/c1-9-4-5-16(15-9)12-3-2-10(7-13)6-11(12)8-14/h2-6H,7H2,1H3. The van der Waals surface area contributed by atoms with Gasteiger partial charge in [-0.3, -0.25) is 0 Å². The number of nitriles is 1. The fourth-order valence-electron chi connectivity index (χ4n) is 1.50. The first kappa shape index (κ1) is 10.9. The second-order valence-corrected chi connectivity index (χ2v) is 4.06. The van der Waals surface area contributed by atoms with Gasteiger partial charge in [-0.05, 0) is 30.7 Å². The van der Waals surface area contributed by atoms with Crippen LogP contribution >= 0.6 is 15.9 Å². The van der Waals surface area contributed by atoms with Crippen molar-refractivity contribution in [3.63, 3.8) is 0 Å². The molecule has 0 saturated heterocycles. The van der Waals surface area contributed by atoms with Crippen molar-refractivity contribution in [1.29, 1.82) is 5.26 Å². The van der Waals surface area contributed by atoms with Crippen LogP contribution in [0.3, 0.4) is 0 Å². The monoisotopic (exact) mass is 275 g/mol. The van der Waals surface area contributed by atoms with E-state index in [4.69, 9.17) is 5.26 Å². The molecular weight excluding hydrogens is 266 g/mol. The average Bonchev–Trinajstić information content (AvgIpc) is 2.74. The number of benzene rings is 1. The Bertz CT molecular complexity index is 552. The highest BCUT2D eigenvalue weighted by molar-refractivity contribution is 9.08. The Balaban J connectivity index is 2.53. The summed E-state index contributed by atoms with van der Waals surface area (Å²) < 4.78 is 1.73. The van der Waals surface area contributed by atoms with Crippen molar-refractivity contribution in [3.8, 4) is 11.8 Å². The van der Waals surface area contributed by atoms with Crippen molar-refractivity contribution in [2.45, 2.75) is 12.3 Å². The zero-order valence-electron chi connectivity index (χ0n) is 8.81. The van der Waals surface area contributed by atoms with Crippen molar-refractivity contribution < 1.29 is 0 Å². The highest BCUT2D eigenvalue weighted by Gasteiger charge is 2.06. The van der Waals surface area contributed by atoms with Gasteiger partial charge >= 0.3 is 0 Å². The minimum absolute atomic E-state index is 0.639. The molecule has 0 radical (unpaired) electrons. The summed E-state index contributed by atoms with van der Waals surface area (Å²) in [6.07, 6.45) is 1.86. The second kappa shape index (κ2) is 4.50. The first-order chi connectivity index (χ1) is 7.74. The molecule has 0 aliphatic heterocycles. The lowest BCUT2D eigenvalue weighted by Gasteiger charge is -2.05. The lowest BCUT2D eigenvalue weighted by atomic mass is 10.1. The molecule has 0 aliphatic carbocycles. The predicted octanol–water partition coefficient (Wildman–Crippen LogP) is 2.95. The van der Waals surface area contributed by atoms with Crippen LogP contribution in [0, 0.1) is 18.3 Å². The number of rotatable bonds is 2. The Hall–Kier alpha value is -1.60. The molecule has 1 heterocycles. The van der Waals surface area contributed by atoms with Crippen LogP contribution in [0.1, 0.15) is 16.8 Å². The zero-order chi connectivity index (χ0) is 11.5. The molecule has 0 N–H and O–H groups in total. The molecule has 0 saturated carbocycles. The van der Waals surface area contributed by atoms with Crippen molar-refractivity contribution in [3.05, 3.63) is 47.3 Å². The maximum atomic E-state index is 9.10. The van der Waals surface area contributed by atoms with Gasteiger partial charge in [0.1, 0.15) is 6.07 Å². The van der Waals surface area contributed by atoms with E-state index in [1.165, 1.54) is 0 Å². The van der Waals surface area contributed by atoms with E-state index < -0.39 is 0 Å². The van der Waals surface area contributed by atoms with E-state index in [9.17, 15) is 0 Å². The minimum atomic E-state index is 0.639. The van der Waals surface area contributed by atoms with E-state index in [1.54, 1.807) is 4.68 Å². The molecule has 0 amide bonds. The molecule has 16 heavy (non-hydrogen) atoms. The van der Waals surface area contributed by atoms with E-state index in [0.29, 0.717) is 5.56 Å². The summed E-state index contributed by atoms with van der Waals surface area (Å²) in [5.74, 6) is 0. The van der Waals surface area contributed by atoms with Crippen molar-refractivity contribution in [1.82, 2.24) is 9.78 Å². The molecule has 3 nitrogen and oxygen atoms in total. The molecule has 4 heteroatoms. The summed E-state index contributed by atoms with van der Waals surface area (Å²) in [5, 5.41) is 14.1. The molecule has 0 fully saturated rings. The van der Waals surface area contributed by atoms with Gasteiger partial charge in [-0.25, -0.2) is 4.68 Å². The normalized spacial score (nSPS) is 10.1. The third kappa shape index (κ3) is 2.00. The fourth-order valence-corrected chi connectivity index (χ4v) is 1.85. The number of hydrogen-bond donors (Lipinski definition) is 0. The maximum absolute atomic E-state index is 9.10. The Labute approximate surface area is 102 Å². The van der Waals surface area contributed by atoms with E-state index >= 15 is 0 Å². The SMILES string of the molecule is Cc1ccn(-c2ccc(CBr)cc2C#N)n1. The third-order valence-corrected chi connectivity index (χ3v) is 2.95. The lowest BCUT2D eigenvalue weighted by Crippen LogP contribution is -1.99. The van der Waals surface area contributed by atoms with Gasteiger partial charge in [0, 0.05) is 11.5 Å². The van der Waals surface area contributed by atoms with E-state index in [2.05, 4.69) is 27.1 Å². The Morgan fingerprint density at radius 1 is 1.44 bits per heavy atom. The lowest BCUT2D eigenvalue weighted by molar-refractivity contribution is 0.859. The summed E-state index contributed by atoms with van der Waals surface area (Å²) in [5.41, 5.74) is 3.48. The first-order valence-electron chi connectivity index (χ1n) is 4.86. The molecule has 0 aliphatic rings. The quantitative estimate of drug-likeness (QED) is 0.791. The molecule has 2 aromatic rings. The van der Waals surface area contributed by atoms with Gasteiger partial charge in [-0.15, -0.1) is 0 Å². The van der Waals surface area contributed by atoms with Crippen LogP contribution in [0.4, 0.5) is 0 Å². The van der Waals surface area contributed by atoms with Gasteiger partial charge in [-0.1, -0.05) is 22.0 Å². The van der Waals surface area contributed by atoms with E-state index in [0.717, 1.165) is 22.3 Å². The minimum Gasteiger partial charge on any atom is -0.239 e. The maximum Gasteiger partial charge on any atom is 0.101 e. The predicted molar refractivity (Wildman–Crippen MR) is 65.6 cm³/mol. The molecule has 0 spiro atoms. The van der Waals surface area contributed by atoms with Gasteiger partial charge in [0.05, 0.1) is 16.9 Å². The molecule has 1 aromatic heterocycles. The summed E-state index contributed by atoms with van der Waals surface area (Å²) in [4.78, 5) is 0. The summed E-state index contributed by atoms with van der Waals surface area (Å²) in [6.45, 7) is 1.93. The number of halogens is 1. The van der Waals surface area contributed by atoms with Crippen molar-refractivity contribution in [2.24, 2.45) is 0 Å². The van der Waals surface area contributed by atoms with Crippen molar-refractivity contribution >= 4 is 15.9 Å². The van der Waals surface area contributed by atoms with Crippen LogP contribution in [-0.4, -0.2) is 9.78 Å². The second-order valence-electron chi connectivity index (χ2n) is 3.50. The molecule has 0 bridgehead atoms. The van der Waals surface area contributed by atoms with E-state index in [-0.39, 0.29) is 0 Å². The molecule has 1 aromatic carbocycles. The van der Waals surface area contributed by atoms with Crippen LogP contribution in [0.15, 0.2) is 30.5 Å². The van der Waals surface area contributed by atoms with Gasteiger partial charge in [-0.2, -0.15) is 10.4 Å². The fraction of sp³-hybridized carbons (Fsp3) is 0.167. The van der Waals surface area contributed by atoms with Crippen LogP contribution < -0.4 is 0 Å². The summed E-state index contributed by atoms with van der Waals surface area (Å²) in [7, 11) is 0. The van der Waals surface area contributed by atoms with Crippen LogP contribution in [0.25, 0.3) is 5.69 Å². The molecular formula is C12H10BrN3. The van der Waals surface area contributed by atoms with Gasteiger partial charge in [0.15, 0.2) is 0 Å². The topological polar surface area (TPSA) is 41.6 Å². The van der Waals surface area contributed by atoms with Gasteiger partial charge in [0.25, 0.3) is 0 Å². The van der Waals surface area contributed by atoms with E-state index in [1.807, 2.05) is 37.4 Å². The van der Waals surface area contributed by atoms with Crippen LogP contribution in [0.2, 0.25) is 0 Å². The smallest absolute Gasteiger partial charge is 0.101 e. The van der Waals surface area contributed by atoms with Crippen molar-refractivity contribution in [2.75, 3.05) is 0 Å². The van der Waals surface area contributed by atoms with Crippen LogP contribution in [0.5, 0.6) is 0 Å².